The van der Waals surface area contributed by atoms with E-state index in [0.717, 1.165) is 25.9 Å². The number of anilines is 1. The summed E-state index contributed by atoms with van der Waals surface area (Å²) in [4.78, 5) is 30.1. The van der Waals surface area contributed by atoms with E-state index in [-0.39, 0.29) is 17.5 Å². The first-order valence-corrected chi connectivity index (χ1v) is 12.6. The average Bonchev–Trinajstić information content (AvgIpc) is 3.61. The highest BCUT2D eigenvalue weighted by Crippen LogP contribution is 2.40. The molecule has 3 aromatic heterocycles. The monoisotopic (exact) mass is 527 g/mol. The number of hydrogen-bond acceptors (Lipinski definition) is 6. The van der Waals surface area contributed by atoms with E-state index in [1.807, 2.05) is 4.90 Å². The van der Waals surface area contributed by atoms with E-state index < -0.39 is 18.8 Å². The van der Waals surface area contributed by atoms with E-state index in [9.17, 15) is 13.6 Å². The van der Waals surface area contributed by atoms with Gasteiger partial charge in [0.1, 0.15) is 17.0 Å². The highest BCUT2D eigenvalue weighted by atomic mass is 19.3. The van der Waals surface area contributed by atoms with Gasteiger partial charge < -0.3 is 24.5 Å². The Kier molecular flexibility index (Phi) is 5.92. The Bertz CT molecular complexity index is 1540. The summed E-state index contributed by atoms with van der Waals surface area (Å²) in [6.45, 7) is 4.20. The van der Waals surface area contributed by atoms with E-state index >= 15 is 4.39 Å². The van der Waals surface area contributed by atoms with Crippen LogP contribution in [0.4, 0.5) is 19.1 Å². The molecule has 12 heteroatoms. The molecule has 3 atom stereocenters. The smallest absolute Gasteiger partial charge is 0.256 e. The highest BCUT2D eigenvalue weighted by Gasteiger charge is 2.41. The molecule has 1 unspecified atom stereocenters. The Morgan fingerprint density at radius 2 is 1.95 bits per heavy atom. The minimum Gasteiger partial charge on any atom is -0.480 e. The number of aryl methyl sites for hydroxylation is 1. The predicted molar refractivity (Wildman–Crippen MR) is 136 cm³/mol. The van der Waals surface area contributed by atoms with Crippen molar-refractivity contribution in [2.24, 2.45) is 11.8 Å². The van der Waals surface area contributed by atoms with E-state index in [1.54, 1.807) is 26.1 Å². The van der Waals surface area contributed by atoms with E-state index in [0.29, 0.717) is 57.2 Å². The standard InChI is InChI=1S/C26H28F3N7O2/c1-12-31-23-19(27)6-14(7-20(23)36(12)11-21(28)29)18-8-30-24-22(18)25(38-3)34-26(33-24)32-17-4-15-9-35(13(2)37)10-16(15)5-17/h6-8,15-17,21H,4-5,9-11H2,1-3H3,(H2,30,32,33,34)/t15-,16+,17?. The van der Waals surface area contributed by atoms with Crippen molar-refractivity contribution in [3.63, 3.8) is 0 Å². The van der Waals surface area contributed by atoms with Gasteiger partial charge in [0.2, 0.25) is 17.7 Å². The zero-order chi connectivity index (χ0) is 26.7. The zero-order valence-electron chi connectivity index (χ0n) is 21.3. The maximum Gasteiger partial charge on any atom is 0.256 e. The molecule has 38 heavy (non-hydrogen) atoms. The molecule has 6 rings (SSSR count). The number of nitrogens with one attached hydrogen (secondary N) is 2. The van der Waals surface area contributed by atoms with Crippen molar-refractivity contribution in [2.45, 2.75) is 45.7 Å². The number of halogens is 3. The summed E-state index contributed by atoms with van der Waals surface area (Å²) >= 11 is 0. The number of ether oxygens (including phenoxy) is 1. The molecule has 9 nitrogen and oxygen atoms in total. The van der Waals surface area contributed by atoms with Gasteiger partial charge in [-0.1, -0.05) is 0 Å². The van der Waals surface area contributed by atoms with Crippen molar-refractivity contribution in [1.29, 1.82) is 0 Å². The van der Waals surface area contributed by atoms with E-state index in [2.05, 4.69) is 25.3 Å². The Labute approximate surface area is 216 Å². The van der Waals surface area contributed by atoms with Crippen molar-refractivity contribution in [3.8, 4) is 17.0 Å². The summed E-state index contributed by atoms with van der Waals surface area (Å²) in [6, 6.07) is 3.17. The molecular formula is C26H28F3N7O2. The third-order valence-electron chi connectivity index (χ3n) is 7.85. The number of fused-ring (bicyclic) bond motifs is 3. The van der Waals surface area contributed by atoms with Crippen LogP contribution in [0.15, 0.2) is 18.3 Å². The molecule has 1 amide bonds. The Hall–Kier alpha value is -3.83. The Balaban J connectivity index is 1.31. The first-order valence-electron chi connectivity index (χ1n) is 12.6. The lowest BCUT2D eigenvalue weighted by Gasteiger charge is -2.18. The summed E-state index contributed by atoms with van der Waals surface area (Å²) in [5.41, 5.74) is 1.91. The fourth-order valence-corrected chi connectivity index (χ4v) is 6.12. The SMILES string of the molecule is COc1nc(NC2C[C@@H]3CN(C(C)=O)C[C@@H]3C2)nc2[nH]cc(-c3cc(F)c4nc(C)n(CC(F)F)c4c3)c12. The largest absolute Gasteiger partial charge is 0.480 e. The number of alkyl halides is 2. The van der Waals surface area contributed by atoms with Gasteiger partial charge in [0.25, 0.3) is 6.43 Å². The van der Waals surface area contributed by atoms with E-state index in [1.165, 1.54) is 17.7 Å². The Morgan fingerprint density at radius 1 is 1.21 bits per heavy atom. The average molecular weight is 528 g/mol. The molecular weight excluding hydrogens is 499 g/mol. The first kappa shape index (κ1) is 24.5. The quantitative estimate of drug-likeness (QED) is 0.386. The fourth-order valence-electron chi connectivity index (χ4n) is 6.12. The number of aromatic nitrogens is 5. The van der Waals surface area contributed by atoms with Crippen molar-refractivity contribution in [2.75, 3.05) is 25.5 Å². The van der Waals surface area contributed by atoms with Crippen LogP contribution in [-0.4, -0.2) is 68.0 Å². The maximum atomic E-state index is 15.0. The molecule has 1 saturated carbocycles. The molecule has 2 N–H and O–H groups in total. The number of carbonyl (C=O) groups is 1. The van der Waals surface area contributed by atoms with Gasteiger partial charge in [-0.25, -0.2) is 18.2 Å². The number of likely N-dealkylation sites (tertiary alicyclic amines) is 1. The van der Waals surface area contributed by atoms with Crippen LogP contribution < -0.4 is 10.1 Å². The van der Waals surface area contributed by atoms with Crippen LogP contribution in [-0.2, 0) is 11.3 Å². The number of nitrogens with zero attached hydrogens (tertiary/aromatic N) is 5. The molecule has 2 aliphatic rings. The van der Waals surface area contributed by atoms with Crippen LogP contribution in [0.3, 0.4) is 0 Å². The third kappa shape index (κ3) is 4.11. The normalized spacial score (nSPS) is 21.1. The van der Waals surface area contributed by atoms with Gasteiger partial charge in [-0.3, -0.25) is 4.79 Å². The molecule has 200 valence electrons. The van der Waals surface area contributed by atoms with Crippen molar-refractivity contribution >= 4 is 33.9 Å². The summed E-state index contributed by atoms with van der Waals surface area (Å²) in [7, 11) is 1.50. The maximum absolute atomic E-state index is 15.0. The molecule has 4 aromatic rings. The number of benzene rings is 1. The van der Waals surface area contributed by atoms with Gasteiger partial charge in [0, 0.05) is 37.8 Å². The lowest BCUT2D eigenvalue weighted by atomic mass is 10.0. The second-order valence-corrected chi connectivity index (χ2v) is 10.2. The molecule has 1 aromatic carbocycles. The second kappa shape index (κ2) is 9.17. The van der Waals surface area contributed by atoms with Gasteiger partial charge in [0.05, 0.1) is 24.6 Å². The number of imidazole rings is 1. The van der Waals surface area contributed by atoms with Crippen LogP contribution in [0, 0.1) is 24.6 Å². The number of amides is 1. The number of hydrogen-bond donors (Lipinski definition) is 2. The Morgan fingerprint density at radius 3 is 2.61 bits per heavy atom. The van der Waals surface area contributed by atoms with Gasteiger partial charge in [-0.15, -0.1) is 0 Å². The number of methoxy groups -OCH3 is 1. The van der Waals surface area contributed by atoms with Crippen LogP contribution >= 0.6 is 0 Å². The number of rotatable bonds is 6. The van der Waals surface area contributed by atoms with Gasteiger partial charge in [0.15, 0.2) is 5.82 Å². The van der Waals surface area contributed by atoms with Crippen LogP contribution in [0.5, 0.6) is 5.88 Å². The van der Waals surface area contributed by atoms with Crippen molar-refractivity contribution < 1.29 is 22.7 Å². The summed E-state index contributed by atoms with van der Waals surface area (Å²) < 4.78 is 48.3. The van der Waals surface area contributed by atoms with Crippen LogP contribution in [0.1, 0.15) is 25.6 Å². The summed E-state index contributed by atoms with van der Waals surface area (Å²) in [5, 5.41) is 3.99. The first-order chi connectivity index (χ1) is 18.2. The summed E-state index contributed by atoms with van der Waals surface area (Å²) in [5.74, 6) is 1.50. The topological polar surface area (TPSA) is 101 Å². The van der Waals surface area contributed by atoms with Crippen molar-refractivity contribution in [3.05, 3.63) is 30.0 Å². The molecule has 0 spiro atoms. The molecule has 0 radical (unpaired) electrons. The lowest BCUT2D eigenvalue weighted by Crippen LogP contribution is -2.29. The molecule has 1 saturated heterocycles. The summed E-state index contributed by atoms with van der Waals surface area (Å²) in [6.07, 6.45) is 0.944. The van der Waals surface area contributed by atoms with Gasteiger partial charge in [-0.2, -0.15) is 9.97 Å². The van der Waals surface area contributed by atoms with Crippen molar-refractivity contribution in [1.82, 2.24) is 29.4 Å². The predicted octanol–water partition coefficient (Wildman–Crippen LogP) is 4.36. The molecule has 0 bridgehead atoms. The lowest BCUT2D eigenvalue weighted by molar-refractivity contribution is -0.128. The molecule has 1 aliphatic heterocycles. The minimum atomic E-state index is -2.60. The molecule has 4 heterocycles. The second-order valence-electron chi connectivity index (χ2n) is 10.2. The number of aromatic amines is 1. The minimum absolute atomic E-state index is 0.0502. The number of carbonyl (C=O) groups excluding carboxylic acids is 1. The fraction of sp³-hybridized carbons (Fsp3) is 0.462. The van der Waals surface area contributed by atoms with Crippen LogP contribution in [0.2, 0.25) is 0 Å². The van der Waals surface area contributed by atoms with Gasteiger partial charge in [-0.05, 0) is 49.3 Å². The van der Waals surface area contributed by atoms with Crippen LogP contribution in [0.25, 0.3) is 33.2 Å². The van der Waals surface area contributed by atoms with Gasteiger partial charge >= 0.3 is 0 Å². The third-order valence-corrected chi connectivity index (χ3v) is 7.85. The number of H-pyrrole nitrogens is 1. The zero-order valence-corrected chi connectivity index (χ0v) is 21.3. The highest BCUT2D eigenvalue weighted by molar-refractivity contribution is 5.99. The molecule has 1 aliphatic carbocycles. The van der Waals surface area contributed by atoms with E-state index in [4.69, 9.17) is 4.74 Å². The molecule has 2 fully saturated rings.